The quantitative estimate of drug-likeness (QED) is 0.752. The van der Waals surface area contributed by atoms with Crippen LogP contribution in [0.5, 0.6) is 0 Å². The molecule has 1 aliphatic rings. The van der Waals surface area contributed by atoms with E-state index < -0.39 is 0 Å². The van der Waals surface area contributed by atoms with Crippen LogP contribution in [0.2, 0.25) is 0 Å². The molecule has 2 unspecified atom stereocenters. The van der Waals surface area contributed by atoms with Gasteiger partial charge < -0.3 is 10.2 Å². The largest absolute Gasteiger partial charge is 0.314 e. The molecule has 0 aliphatic carbocycles. The molecule has 2 atom stereocenters. The third kappa shape index (κ3) is 4.12. The zero-order valence-corrected chi connectivity index (χ0v) is 11.1. The molecule has 15 heavy (non-hydrogen) atoms. The second-order valence-electron chi connectivity index (χ2n) is 5.73. The van der Waals surface area contributed by atoms with Gasteiger partial charge in [-0.2, -0.15) is 0 Å². The summed E-state index contributed by atoms with van der Waals surface area (Å²) in [7, 11) is 0. The highest BCUT2D eigenvalue weighted by molar-refractivity contribution is 4.83. The van der Waals surface area contributed by atoms with Crippen LogP contribution in [0.1, 0.15) is 41.0 Å². The monoisotopic (exact) mass is 212 g/mol. The molecule has 1 saturated heterocycles. The second-order valence-corrected chi connectivity index (χ2v) is 5.73. The molecule has 0 saturated carbocycles. The Morgan fingerprint density at radius 1 is 1.27 bits per heavy atom. The summed E-state index contributed by atoms with van der Waals surface area (Å²) >= 11 is 0. The minimum absolute atomic E-state index is 0.681. The van der Waals surface area contributed by atoms with Gasteiger partial charge in [0, 0.05) is 25.2 Å². The second kappa shape index (κ2) is 5.86. The maximum absolute atomic E-state index is 3.54. The van der Waals surface area contributed by atoms with E-state index in [0.29, 0.717) is 12.1 Å². The van der Waals surface area contributed by atoms with Gasteiger partial charge in [-0.3, -0.25) is 0 Å². The zero-order valence-electron chi connectivity index (χ0n) is 11.1. The molecule has 0 amide bonds. The highest BCUT2D eigenvalue weighted by Crippen LogP contribution is 2.18. The van der Waals surface area contributed by atoms with Crippen molar-refractivity contribution in [1.29, 1.82) is 0 Å². The highest BCUT2D eigenvalue weighted by Gasteiger charge is 2.25. The van der Waals surface area contributed by atoms with Gasteiger partial charge in [-0.05, 0) is 45.6 Å². The van der Waals surface area contributed by atoms with Crippen LogP contribution in [0.4, 0.5) is 0 Å². The topological polar surface area (TPSA) is 15.3 Å². The Labute approximate surface area is 95.4 Å². The fourth-order valence-corrected chi connectivity index (χ4v) is 2.43. The summed E-state index contributed by atoms with van der Waals surface area (Å²) in [5, 5.41) is 3.54. The fourth-order valence-electron chi connectivity index (χ4n) is 2.43. The van der Waals surface area contributed by atoms with Gasteiger partial charge in [-0.25, -0.2) is 0 Å². The first-order valence-corrected chi connectivity index (χ1v) is 6.48. The number of nitrogens with one attached hydrogen (secondary N) is 1. The lowest BCUT2D eigenvalue weighted by Crippen LogP contribution is -2.40. The van der Waals surface area contributed by atoms with Crippen molar-refractivity contribution in [2.24, 2.45) is 11.8 Å². The summed E-state index contributed by atoms with van der Waals surface area (Å²) in [6, 6.07) is 1.39. The van der Waals surface area contributed by atoms with Crippen LogP contribution in [-0.4, -0.2) is 36.6 Å². The molecule has 1 N–H and O–H groups in total. The van der Waals surface area contributed by atoms with E-state index in [4.69, 9.17) is 0 Å². The van der Waals surface area contributed by atoms with Gasteiger partial charge in [0.05, 0.1) is 0 Å². The number of nitrogens with zero attached hydrogens (tertiary/aromatic N) is 1. The standard InChI is InChI=1S/C13H28N2/c1-10(2)8-15(11(3)4)9-13-6-7-14-12(13)5/h10-14H,6-9H2,1-5H3. The third-order valence-electron chi connectivity index (χ3n) is 3.49. The minimum Gasteiger partial charge on any atom is -0.314 e. The van der Waals surface area contributed by atoms with Crippen molar-refractivity contribution in [1.82, 2.24) is 10.2 Å². The highest BCUT2D eigenvalue weighted by atomic mass is 15.2. The molecule has 1 aliphatic heterocycles. The normalized spacial score (nSPS) is 27.2. The van der Waals surface area contributed by atoms with Crippen LogP contribution in [0, 0.1) is 11.8 Å². The summed E-state index contributed by atoms with van der Waals surface area (Å²) in [5.74, 6) is 1.63. The Morgan fingerprint density at radius 3 is 2.33 bits per heavy atom. The average Bonchev–Trinajstić information content (AvgIpc) is 2.50. The maximum atomic E-state index is 3.54. The van der Waals surface area contributed by atoms with Gasteiger partial charge in [0.2, 0.25) is 0 Å². The predicted octanol–water partition coefficient (Wildman–Crippen LogP) is 2.35. The summed E-state index contributed by atoms with van der Waals surface area (Å²) < 4.78 is 0. The molecule has 2 nitrogen and oxygen atoms in total. The molecule has 90 valence electrons. The molecule has 1 heterocycles. The van der Waals surface area contributed by atoms with Crippen molar-refractivity contribution in [3.8, 4) is 0 Å². The summed E-state index contributed by atoms with van der Waals surface area (Å²) in [6.45, 7) is 15.3. The van der Waals surface area contributed by atoms with Gasteiger partial charge >= 0.3 is 0 Å². The molecule has 2 heteroatoms. The first-order valence-electron chi connectivity index (χ1n) is 6.48. The molecule has 0 spiro atoms. The Hall–Kier alpha value is -0.0800. The Morgan fingerprint density at radius 2 is 1.93 bits per heavy atom. The SMILES string of the molecule is CC(C)CN(CC1CCNC1C)C(C)C. The smallest absolute Gasteiger partial charge is 0.00796 e. The van der Waals surface area contributed by atoms with E-state index in [1.165, 1.54) is 26.1 Å². The van der Waals surface area contributed by atoms with Crippen LogP contribution < -0.4 is 5.32 Å². The molecule has 1 fully saturated rings. The number of hydrogen-bond donors (Lipinski definition) is 1. The predicted molar refractivity (Wildman–Crippen MR) is 67.1 cm³/mol. The van der Waals surface area contributed by atoms with Crippen LogP contribution in [0.3, 0.4) is 0 Å². The Bertz CT molecular complexity index is 177. The van der Waals surface area contributed by atoms with E-state index in [2.05, 4.69) is 44.8 Å². The first-order chi connectivity index (χ1) is 7.00. The summed E-state index contributed by atoms with van der Waals surface area (Å²) in [6.07, 6.45) is 1.35. The van der Waals surface area contributed by atoms with Crippen molar-refractivity contribution in [2.45, 2.75) is 53.1 Å². The van der Waals surface area contributed by atoms with Crippen molar-refractivity contribution < 1.29 is 0 Å². The van der Waals surface area contributed by atoms with E-state index in [9.17, 15) is 0 Å². The van der Waals surface area contributed by atoms with E-state index in [1.54, 1.807) is 0 Å². The molecule has 0 aromatic heterocycles. The summed E-state index contributed by atoms with van der Waals surface area (Å²) in [5.41, 5.74) is 0. The molecular formula is C13H28N2. The van der Waals surface area contributed by atoms with Crippen LogP contribution >= 0.6 is 0 Å². The zero-order chi connectivity index (χ0) is 11.4. The third-order valence-corrected chi connectivity index (χ3v) is 3.49. The van der Waals surface area contributed by atoms with E-state index in [1.807, 2.05) is 0 Å². The van der Waals surface area contributed by atoms with E-state index >= 15 is 0 Å². The van der Waals surface area contributed by atoms with Crippen LogP contribution in [-0.2, 0) is 0 Å². The lowest BCUT2D eigenvalue weighted by molar-refractivity contribution is 0.163. The molecule has 1 rings (SSSR count). The van der Waals surface area contributed by atoms with Crippen molar-refractivity contribution in [3.05, 3.63) is 0 Å². The van der Waals surface area contributed by atoms with Gasteiger partial charge in [0.25, 0.3) is 0 Å². The summed E-state index contributed by atoms with van der Waals surface area (Å²) in [4.78, 5) is 2.64. The number of rotatable bonds is 5. The van der Waals surface area contributed by atoms with Gasteiger partial charge in [-0.15, -0.1) is 0 Å². The van der Waals surface area contributed by atoms with E-state index in [-0.39, 0.29) is 0 Å². The Balaban J connectivity index is 2.43. The van der Waals surface area contributed by atoms with Crippen LogP contribution in [0.25, 0.3) is 0 Å². The molecular weight excluding hydrogens is 184 g/mol. The lowest BCUT2D eigenvalue weighted by Gasteiger charge is -2.31. The molecule has 0 aromatic rings. The van der Waals surface area contributed by atoms with Gasteiger partial charge in [-0.1, -0.05) is 13.8 Å². The van der Waals surface area contributed by atoms with Crippen molar-refractivity contribution in [2.75, 3.05) is 19.6 Å². The molecule has 0 bridgehead atoms. The maximum Gasteiger partial charge on any atom is 0.00796 e. The first kappa shape index (κ1) is 13.0. The van der Waals surface area contributed by atoms with Crippen LogP contribution in [0.15, 0.2) is 0 Å². The lowest BCUT2D eigenvalue weighted by atomic mass is 10.00. The fraction of sp³-hybridized carbons (Fsp3) is 1.00. The van der Waals surface area contributed by atoms with Gasteiger partial charge in [0.1, 0.15) is 0 Å². The number of hydrogen-bond acceptors (Lipinski definition) is 2. The minimum atomic E-state index is 0.681. The molecule has 0 aromatic carbocycles. The van der Waals surface area contributed by atoms with Crippen molar-refractivity contribution >= 4 is 0 Å². The van der Waals surface area contributed by atoms with Gasteiger partial charge in [0.15, 0.2) is 0 Å². The van der Waals surface area contributed by atoms with E-state index in [0.717, 1.165) is 11.8 Å². The molecule has 0 radical (unpaired) electrons. The Kier molecular flexibility index (Phi) is 5.07. The average molecular weight is 212 g/mol. The van der Waals surface area contributed by atoms with Crippen molar-refractivity contribution in [3.63, 3.8) is 0 Å².